The highest BCUT2D eigenvalue weighted by atomic mass is 16.5. The highest BCUT2D eigenvalue weighted by Gasteiger charge is 2.13. The molecule has 5 nitrogen and oxygen atoms in total. The number of hydrogen-bond acceptors (Lipinski definition) is 4. The van der Waals surface area contributed by atoms with Crippen molar-refractivity contribution in [3.8, 4) is 5.75 Å². The van der Waals surface area contributed by atoms with Crippen LogP contribution in [0.4, 0.5) is 0 Å². The summed E-state index contributed by atoms with van der Waals surface area (Å²) in [4.78, 5) is 20.1. The third-order valence-electron chi connectivity index (χ3n) is 2.96. The van der Waals surface area contributed by atoms with Crippen molar-refractivity contribution in [1.29, 1.82) is 0 Å². The number of nitrogens with one attached hydrogen (secondary N) is 1. The van der Waals surface area contributed by atoms with E-state index in [-0.39, 0.29) is 17.8 Å². The molecule has 0 aliphatic rings. The predicted octanol–water partition coefficient (Wildman–Crippen LogP) is 2.28. The molecular formula is C15H17N3O2. The number of rotatable bonds is 4. The van der Waals surface area contributed by atoms with Crippen molar-refractivity contribution in [3.63, 3.8) is 0 Å². The van der Waals surface area contributed by atoms with Crippen molar-refractivity contribution in [2.24, 2.45) is 0 Å². The maximum atomic E-state index is 12.0. The highest BCUT2D eigenvalue weighted by Crippen LogP contribution is 2.17. The second kappa shape index (κ2) is 6.14. The Labute approximate surface area is 118 Å². The number of hydrogen-bond donors (Lipinski definition) is 1. The quantitative estimate of drug-likeness (QED) is 0.926. The van der Waals surface area contributed by atoms with Gasteiger partial charge in [0.05, 0.1) is 13.2 Å². The third-order valence-corrected chi connectivity index (χ3v) is 2.96. The topological polar surface area (TPSA) is 64.1 Å². The summed E-state index contributed by atoms with van der Waals surface area (Å²) in [6, 6.07) is 9.19. The first-order chi connectivity index (χ1) is 9.60. The van der Waals surface area contributed by atoms with E-state index in [1.54, 1.807) is 19.4 Å². The van der Waals surface area contributed by atoms with Crippen LogP contribution < -0.4 is 10.1 Å². The fraction of sp³-hybridized carbons (Fsp3) is 0.267. The van der Waals surface area contributed by atoms with Gasteiger partial charge in [0.1, 0.15) is 5.75 Å². The molecule has 104 valence electrons. The molecule has 1 N–H and O–H groups in total. The molecule has 1 atom stereocenters. The van der Waals surface area contributed by atoms with Gasteiger partial charge >= 0.3 is 0 Å². The Morgan fingerprint density at radius 3 is 2.55 bits per heavy atom. The number of benzene rings is 1. The Bertz CT molecular complexity index is 596. The molecular weight excluding hydrogens is 254 g/mol. The summed E-state index contributed by atoms with van der Waals surface area (Å²) in [5.41, 5.74) is 1.76. The molecule has 0 unspecified atom stereocenters. The molecule has 1 aromatic heterocycles. The van der Waals surface area contributed by atoms with Gasteiger partial charge in [-0.05, 0) is 37.6 Å². The van der Waals surface area contributed by atoms with E-state index < -0.39 is 0 Å². The molecule has 0 aliphatic carbocycles. The van der Waals surface area contributed by atoms with Crippen molar-refractivity contribution >= 4 is 5.91 Å². The maximum Gasteiger partial charge on any atom is 0.289 e. The van der Waals surface area contributed by atoms with Gasteiger partial charge in [0.2, 0.25) is 5.82 Å². The van der Waals surface area contributed by atoms with Gasteiger partial charge < -0.3 is 10.1 Å². The summed E-state index contributed by atoms with van der Waals surface area (Å²) in [6.07, 6.45) is 1.58. The van der Waals surface area contributed by atoms with E-state index in [9.17, 15) is 4.79 Å². The van der Waals surface area contributed by atoms with Crippen molar-refractivity contribution in [2.45, 2.75) is 19.9 Å². The lowest BCUT2D eigenvalue weighted by Crippen LogP contribution is -2.28. The fourth-order valence-corrected chi connectivity index (χ4v) is 1.80. The van der Waals surface area contributed by atoms with E-state index in [0.717, 1.165) is 17.0 Å². The summed E-state index contributed by atoms with van der Waals surface area (Å²) in [5.74, 6) is 0.691. The number of aromatic nitrogens is 2. The zero-order valence-electron chi connectivity index (χ0n) is 11.8. The first kappa shape index (κ1) is 14.0. The molecule has 2 rings (SSSR count). The predicted molar refractivity (Wildman–Crippen MR) is 75.6 cm³/mol. The zero-order valence-corrected chi connectivity index (χ0v) is 11.8. The minimum absolute atomic E-state index is 0.127. The van der Waals surface area contributed by atoms with Crippen molar-refractivity contribution in [1.82, 2.24) is 15.3 Å². The Balaban J connectivity index is 2.06. The van der Waals surface area contributed by atoms with Gasteiger partial charge in [-0.3, -0.25) is 4.79 Å². The number of carbonyl (C=O) groups excluding carboxylic acids is 1. The van der Waals surface area contributed by atoms with Gasteiger partial charge in [-0.15, -0.1) is 0 Å². The van der Waals surface area contributed by atoms with Crippen molar-refractivity contribution in [3.05, 3.63) is 53.6 Å². The van der Waals surface area contributed by atoms with Gasteiger partial charge in [0.25, 0.3) is 5.91 Å². The number of methoxy groups -OCH3 is 1. The molecule has 0 bridgehead atoms. The molecule has 1 heterocycles. The molecule has 0 saturated carbocycles. The normalized spacial score (nSPS) is 11.8. The molecule has 20 heavy (non-hydrogen) atoms. The lowest BCUT2D eigenvalue weighted by molar-refractivity contribution is 0.0929. The SMILES string of the molecule is COc1ccc([C@@H](C)NC(=O)c2nccc(C)n2)cc1. The van der Waals surface area contributed by atoms with Crippen LogP contribution in [-0.4, -0.2) is 23.0 Å². The number of aryl methyl sites for hydroxylation is 1. The van der Waals surface area contributed by atoms with Crippen LogP contribution in [0.3, 0.4) is 0 Å². The molecule has 1 amide bonds. The van der Waals surface area contributed by atoms with Crippen LogP contribution in [-0.2, 0) is 0 Å². The van der Waals surface area contributed by atoms with E-state index >= 15 is 0 Å². The molecule has 0 fully saturated rings. The number of nitrogens with zero attached hydrogens (tertiary/aromatic N) is 2. The summed E-state index contributed by atoms with van der Waals surface area (Å²) in [7, 11) is 1.62. The van der Waals surface area contributed by atoms with E-state index in [1.165, 1.54) is 0 Å². The smallest absolute Gasteiger partial charge is 0.289 e. The van der Waals surface area contributed by atoms with Crippen LogP contribution in [0.2, 0.25) is 0 Å². The second-order valence-corrected chi connectivity index (χ2v) is 4.49. The molecule has 1 aromatic carbocycles. The average Bonchev–Trinajstić information content (AvgIpc) is 2.47. The molecule has 0 spiro atoms. The van der Waals surface area contributed by atoms with Gasteiger partial charge in [-0.1, -0.05) is 12.1 Å². The van der Waals surface area contributed by atoms with Crippen molar-refractivity contribution in [2.75, 3.05) is 7.11 Å². The second-order valence-electron chi connectivity index (χ2n) is 4.49. The van der Waals surface area contributed by atoms with E-state index in [2.05, 4.69) is 15.3 Å². The van der Waals surface area contributed by atoms with Crippen LogP contribution in [0.25, 0.3) is 0 Å². The van der Waals surface area contributed by atoms with Gasteiger partial charge in [0.15, 0.2) is 0 Å². The number of carbonyl (C=O) groups is 1. The lowest BCUT2D eigenvalue weighted by atomic mass is 10.1. The van der Waals surface area contributed by atoms with Gasteiger partial charge in [0, 0.05) is 11.9 Å². The van der Waals surface area contributed by atoms with Gasteiger partial charge in [-0.2, -0.15) is 0 Å². The lowest BCUT2D eigenvalue weighted by Gasteiger charge is -2.14. The van der Waals surface area contributed by atoms with E-state index in [0.29, 0.717) is 0 Å². The Morgan fingerprint density at radius 2 is 1.95 bits per heavy atom. The fourth-order valence-electron chi connectivity index (χ4n) is 1.80. The maximum absolute atomic E-state index is 12.0. The Hall–Kier alpha value is -2.43. The van der Waals surface area contributed by atoms with Crippen molar-refractivity contribution < 1.29 is 9.53 Å². The molecule has 0 aliphatic heterocycles. The minimum atomic E-state index is -0.281. The monoisotopic (exact) mass is 271 g/mol. The average molecular weight is 271 g/mol. The van der Waals surface area contributed by atoms with E-state index in [4.69, 9.17) is 4.74 Å². The Kier molecular flexibility index (Phi) is 4.30. The van der Waals surface area contributed by atoms with Gasteiger partial charge in [-0.25, -0.2) is 9.97 Å². The molecule has 0 saturated heterocycles. The van der Waals surface area contributed by atoms with Crippen LogP contribution in [0.15, 0.2) is 36.5 Å². The number of amides is 1. The first-order valence-corrected chi connectivity index (χ1v) is 6.34. The molecule has 5 heteroatoms. The van der Waals surface area contributed by atoms with Crippen LogP contribution in [0, 0.1) is 6.92 Å². The summed E-state index contributed by atoms with van der Waals surface area (Å²) in [5, 5.41) is 2.87. The van der Waals surface area contributed by atoms with Crippen LogP contribution >= 0.6 is 0 Å². The van der Waals surface area contributed by atoms with Crippen LogP contribution in [0.5, 0.6) is 5.75 Å². The summed E-state index contributed by atoms with van der Waals surface area (Å²) >= 11 is 0. The first-order valence-electron chi connectivity index (χ1n) is 6.34. The summed E-state index contributed by atoms with van der Waals surface area (Å²) in [6.45, 7) is 3.74. The number of ether oxygens (including phenoxy) is 1. The Morgan fingerprint density at radius 1 is 1.25 bits per heavy atom. The standard InChI is InChI=1S/C15H17N3O2/c1-10-8-9-16-14(17-10)15(19)18-11(2)12-4-6-13(20-3)7-5-12/h4-9,11H,1-3H3,(H,18,19)/t11-/m1/s1. The molecule has 0 radical (unpaired) electrons. The third kappa shape index (κ3) is 3.32. The minimum Gasteiger partial charge on any atom is -0.497 e. The van der Waals surface area contributed by atoms with Crippen LogP contribution in [0.1, 0.15) is 34.8 Å². The highest BCUT2D eigenvalue weighted by molar-refractivity contribution is 5.90. The van der Waals surface area contributed by atoms with E-state index in [1.807, 2.05) is 38.1 Å². The largest absolute Gasteiger partial charge is 0.497 e. The summed E-state index contributed by atoms with van der Waals surface area (Å²) < 4.78 is 5.11. The zero-order chi connectivity index (χ0) is 14.5. The molecule has 2 aromatic rings.